The summed E-state index contributed by atoms with van der Waals surface area (Å²) in [4.78, 5) is 25.7. The second-order valence-electron chi connectivity index (χ2n) is 6.65. The number of ketones is 1. The number of carbonyl (C=O) groups is 2. The van der Waals surface area contributed by atoms with E-state index in [4.69, 9.17) is 9.47 Å². The minimum Gasteiger partial charge on any atom is -0.460 e. The van der Waals surface area contributed by atoms with Crippen molar-refractivity contribution in [2.45, 2.75) is 39.0 Å². The molecule has 1 aromatic rings. The molecule has 3 rings (SSSR count). The molecule has 1 aliphatic carbocycles. The van der Waals surface area contributed by atoms with Gasteiger partial charge >= 0.3 is 5.97 Å². The van der Waals surface area contributed by atoms with E-state index in [1.807, 2.05) is 38.1 Å². The molecule has 5 nitrogen and oxygen atoms in total. The molecule has 0 fully saturated rings. The van der Waals surface area contributed by atoms with Crippen LogP contribution in [0, 0.1) is 3.57 Å². The summed E-state index contributed by atoms with van der Waals surface area (Å²) in [6.07, 6.45) is 2.19. The molecule has 0 saturated carbocycles. The van der Waals surface area contributed by atoms with Crippen molar-refractivity contribution in [1.29, 1.82) is 0 Å². The molecule has 6 heteroatoms. The zero-order valence-corrected chi connectivity index (χ0v) is 17.8. The first-order valence-electron chi connectivity index (χ1n) is 9.27. The summed E-state index contributed by atoms with van der Waals surface area (Å²) in [5.41, 5.74) is 3.87. The van der Waals surface area contributed by atoms with Gasteiger partial charge in [-0.2, -0.15) is 0 Å². The van der Waals surface area contributed by atoms with Crippen molar-refractivity contribution < 1.29 is 19.1 Å². The van der Waals surface area contributed by atoms with Crippen LogP contribution in [0.5, 0.6) is 0 Å². The van der Waals surface area contributed by atoms with Gasteiger partial charge in [-0.3, -0.25) is 4.79 Å². The molecule has 27 heavy (non-hydrogen) atoms. The van der Waals surface area contributed by atoms with Crippen LogP contribution in [0.25, 0.3) is 0 Å². The maximum absolute atomic E-state index is 12.9. The SMILES string of the molecule is CCOCCOC(=O)C1=C(C)NC2=C(C(=O)CCC2)[C@@H]1c1ccc(I)cc1. The third kappa shape index (κ3) is 4.43. The monoisotopic (exact) mass is 481 g/mol. The number of hydrogen-bond acceptors (Lipinski definition) is 5. The van der Waals surface area contributed by atoms with Crippen LogP contribution in [0.2, 0.25) is 0 Å². The molecule has 0 amide bonds. The third-order valence-corrected chi connectivity index (χ3v) is 5.58. The van der Waals surface area contributed by atoms with E-state index in [0.29, 0.717) is 30.8 Å². The molecule has 144 valence electrons. The van der Waals surface area contributed by atoms with Crippen LogP contribution in [0.4, 0.5) is 0 Å². The van der Waals surface area contributed by atoms with E-state index in [2.05, 4.69) is 27.9 Å². The first-order valence-corrected chi connectivity index (χ1v) is 10.3. The molecule has 1 aliphatic heterocycles. The summed E-state index contributed by atoms with van der Waals surface area (Å²) in [7, 11) is 0. The molecule has 0 aromatic heterocycles. The summed E-state index contributed by atoms with van der Waals surface area (Å²) in [6.45, 7) is 4.92. The second kappa shape index (κ2) is 9.01. The summed E-state index contributed by atoms with van der Waals surface area (Å²) < 4.78 is 11.8. The number of benzene rings is 1. The standard InChI is InChI=1S/C21H24INO4/c1-3-26-11-12-27-21(25)18-13(2)23-16-5-4-6-17(24)20(16)19(18)14-7-9-15(22)10-8-14/h7-10,19,23H,3-6,11-12H2,1-2H3/t19-/m1/s1. The quantitative estimate of drug-likeness (QED) is 0.380. The van der Waals surface area contributed by atoms with Gasteiger partial charge in [-0.25, -0.2) is 4.79 Å². The van der Waals surface area contributed by atoms with E-state index in [1.54, 1.807) is 0 Å². The molecule has 1 atom stereocenters. The predicted octanol–water partition coefficient (Wildman–Crippen LogP) is 3.84. The lowest BCUT2D eigenvalue weighted by Crippen LogP contribution is -2.34. The molecule has 1 aromatic carbocycles. The fraction of sp³-hybridized carbons (Fsp3) is 0.429. The van der Waals surface area contributed by atoms with Gasteiger partial charge in [0.15, 0.2) is 5.78 Å². The van der Waals surface area contributed by atoms with E-state index in [-0.39, 0.29) is 18.3 Å². The van der Waals surface area contributed by atoms with Gasteiger partial charge in [-0.15, -0.1) is 0 Å². The number of halogens is 1. The second-order valence-corrected chi connectivity index (χ2v) is 7.90. The lowest BCUT2D eigenvalue weighted by atomic mass is 9.75. The Morgan fingerprint density at radius 3 is 2.67 bits per heavy atom. The molecule has 0 saturated heterocycles. The van der Waals surface area contributed by atoms with Crippen LogP contribution in [0.3, 0.4) is 0 Å². The van der Waals surface area contributed by atoms with Crippen LogP contribution in [-0.2, 0) is 19.1 Å². The minimum atomic E-state index is -0.395. The number of nitrogens with one attached hydrogen (secondary N) is 1. The van der Waals surface area contributed by atoms with Crippen molar-refractivity contribution in [3.8, 4) is 0 Å². The number of rotatable bonds is 6. The first kappa shape index (κ1) is 20.1. The van der Waals surface area contributed by atoms with E-state index >= 15 is 0 Å². The highest BCUT2D eigenvalue weighted by molar-refractivity contribution is 14.1. The Bertz CT molecular complexity index is 795. The fourth-order valence-electron chi connectivity index (χ4n) is 3.66. The Hall–Kier alpha value is -1.67. The summed E-state index contributed by atoms with van der Waals surface area (Å²) >= 11 is 2.25. The zero-order valence-electron chi connectivity index (χ0n) is 15.6. The van der Waals surface area contributed by atoms with Crippen molar-refractivity contribution >= 4 is 34.3 Å². The van der Waals surface area contributed by atoms with E-state index < -0.39 is 5.97 Å². The maximum Gasteiger partial charge on any atom is 0.336 e. The van der Waals surface area contributed by atoms with Gasteiger partial charge in [-0.1, -0.05) is 12.1 Å². The van der Waals surface area contributed by atoms with E-state index in [9.17, 15) is 9.59 Å². The summed E-state index contributed by atoms with van der Waals surface area (Å²) in [5, 5.41) is 3.30. The average Bonchev–Trinajstić information content (AvgIpc) is 2.65. The smallest absolute Gasteiger partial charge is 0.336 e. The Morgan fingerprint density at radius 1 is 1.22 bits per heavy atom. The van der Waals surface area contributed by atoms with Crippen molar-refractivity contribution in [2.75, 3.05) is 19.8 Å². The van der Waals surface area contributed by atoms with Gasteiger partial charge in [0.1, 0.15) is 6.61 Å². The van der Waals surface area contributed by atoms with Crippen LogP contribution >= 0.6 is 22.6 Å². The molecule has 0 bridgehead atoms. The summed E-state index contributed by atoms with van der Waals surface area (Å²) in [5.74, 6) is -0.668. The molecule has 0 unspecified atom stereocenters. The predicted molar refractivity (Wildman–Crippen MR) is 111 cm³/mol. The lowest BCUT2D eigenvalue weighted by molar-refractivity contribution is -0.140. The molecule has 1 N–H and O–H groups in total. The number of hydrogen-bond donors (Lipinski definition) is 1. The number of allylic oxidation sites excluding steroid dienone is 3. The molecule has 1 heterocycles. The van der Waals surface area contributed by atoms with Gasteiger partial charge in [0.2, 0.25) is 0 Å². The zero-order chi connectivity index (χ0) is 19.4. The van der Waals surface area contributed by atoms with Crippen LogP contribution < -0.4 is 5.32 Å². The van der Waals surface area contributed by atoms with Gasteiger partial charge in [0.25, 0.3) is 0 Å². The lowest BCUT2D eigenvalue weighted by Gasteiger charge is -2.34. The maximum atomic E-state index is 12.9. The number of carbonyl (C=O) groups excluding carboxylic acids is 2. The van der Waals surface area contributed by atoms with Crippen molar-refractivity contribution in [2.24, 2.45) is 0 Å². The Balaban J connectivity index is 1.97. The molecular weight excluding hydrogens is 457 g/mol. The van der Waals surface area contributed by atoms with Gasteiger partial charge in [0.05, 0.1) is 12.2 Å². The molecule has 2 aliphatic rings. The Labute approximate surface area is 173 Å². The molecular formula is C21H24INO4. The van der Waals surface area contributed by atoms with Crippen molar-refractivity contribution in [3.05, 3.63) is 55.9 Å². The fourth-order valence-corrected chi connectivity index (χ4v) is 4.02. The Kier molecular flexibility index (Phi) is 6.70. The highest BCUT2D eigenvalue weighted by Gasteiger charge is 2.38. The number of esters is 1. The summed E-state index contributed by atoms with van der Waals surface area (Å²) in [6, 6.07) is 7.98. The highest BCUT2D eigenvalue weighted by atomic mass is 127. The number of ether oxygens (including phenoxy) is 2. The van der Waals surface area contributed by atoms with Gasteiger partial charge in [0, 0.05) is 39.5 Å². The van der Waals surface area contributed by atoms with Crippen LogP contribution in [-0.4, -0.2) is 31.6 Å². The van der Waals surface area contributed by atoms with Crippen molar-refractivity contribution in [1.82, 2.24) is 5.32 Å². The molecule has 0 radical (unpaired) electrons. The highest BCUT2D eigenvalue weighted by Crippen LogP contribution is 2.42. The first-order chi connectivity index (χ1) is 13.0. The molecule has 0 spiro atoms. The third-order valence-electron chi connectivity index (χ3n) is 4.86. The Morgan fingerprint density at radius 2 is 1.96 bits per heavy atom. The minimum absolute atomic E-state index is 0.111. The van der Waals surface area contributed by atoms with Gasteiger partial charge < -0.3 is 14.8 Å². The topological polar surface area (TPSA) is 64.6 Å². The average molecular weight is 481 g/mol. The van der Waals surface area contributed by atoms with E-state index in [1.165, 1.54) is 0 Å². The van der Waals surface area contributed by atoms with Gasteiger partial charge in [-0.05, 0) is 67.0 Å². The van der Waals surface area contributed by atoms with E-state index in [0.717, 1.165) is 33.4 Å². The largest absolute Gasteiger partial charge is 0.460 e. The van der Waals surface area contributed by atoms with Crippen LogP contribution in [0.1, 0.15) is 44.6 Å². The van der Waals surface area contributed by atoms with Crippen molar-refractivity contribution in [3.63, 3.8) is 0 Å². The van der Waals surface area contributed by atoms with Crippen LogP contribution in [0.15, 0.2) is 46.8 Å². The number of Topliss-reactive ketones (excluding diaryl/α,β-unsaturated/α-hetero) is 1. The number of dihydropyridines is 1. The normalized spacial score (nSPS) is 19.7.